The van der Waals surface area contributed by atoms with Gasteiger partial charge in [0.2, 0.25) is 0 Å². The SMILES string of the molecule is O=C1CCCCCC1N1CCN(CC(F)(F)F)CC1. The minimum Gasteiger partial charge on any atom is -0.298 e. The van der Waals surface area contributed by atoms with Gasteiger partial charge in [0.15, 0.2) is 0 Å². The van der Waals surface area contributed by atoms with Crippen LogP contribution in [-0.2, 0) is 4.79 Å². The fraction of sp³-hybridized carbons (Fsp3) is 0.923. The molecule has 6 heteroatoms. The largest absolute Gasteiger partial charge is 0.401 e. The van der Waals surface area contributed by atoms with E-state index in [0.29, 0.717) is 32.6 Å². The topological polar surface area (TPSA) is 23.6 Å². The number of carbonyl (C=O) groups is 1. The highest BCUT2D eigenvalue weighted by atomic mass is 19.4. The Balaban J connectivity index is 1.83. The Kier molecular flexibility index (Phi) is 4.84. The van der Waals surface area contributed by atoms with Crippen molar-refractivity contribution in [2.45, 2.75) is 44.3 Å². The predicted molar refractivity (Wildman–Crippen MR) is 65.9 cm³/mol. The Morgan fingerprint density at radius 1 is 1.05 bits per heavy atom. The van der Waals surface area contributed by atoms with Crippen molar-refractivity contribution in [1.82, 2.24) is 9.80 Å². The number of hydrogen-bond acceptors (Lipinski definition) is 3. The van der Waals surface area contributed by atoms with Crippen molar-refractivity contribution in [3.63, 3.8) is 0 Å². The second kappa shape index (κ2) is 6.22. The summed E-state index contributed by atoms with van der Waals surface area (Å²) in [7, 11) is 0. The lowest BCUT2D eigenvalue weighted by molar-refractivity contribution is -0.151. The second-order valence-corrected chi connectivity index (χ2v) is 5.51. The number of halogens is 3. The molecule has 2 aliphatic rings. The average Bonchev–Trinajstić information content (AvgIpc) is 2.53. The van der Waals surface area contributed by atoms with Crippen LogP contribution in [0.1, 0.15) is 32.1 Å². The third-order valence-corrected chi connectivity index (χ3v) is 4.02. The van der Waals surface area contributed by atoms with E-state index in [-0.39, 0.29) is 11.8 Å². The van der Waals surface area contributed by atoms with Crippen LogP contribution in [-0.4, -0.2) is 60.5 Å². The van der Waals surface area contributed by atoms with Crippen molar-refractivity contribution in [3.8, 4) is 0 Å². The fourth-order valence-corrected chi connectivity index (χ4v) is 3.01. The van der Waals surface area contributed by atoms with Gasteiger partial charge < -0.3 is 0 Å². The molecule has 1 heterocycles. The van der Waals surface area contributed by atoms with Crippen LogP contribution in [0.15, 0.2) is 0 Å². The first-order valence-corrected chi connectivity index (χ1v) is 7.01. The van der Waals surface area contributed by atoms with Crippen molar-refractivity contribution < 1.29 is 18.0 Å². The van der Waals surface area contributed by atoms with Crippen molar-refractivity contribution in [2.75, 3.05) is 32.7 Å². The first-order chi connectivity index (χ1) is 8.96. The van der Waals surface area contributed by atoms with E-state index in [4.69, 9.17) is 0 Å². The van der Waals surface area contributed by atoms with Crippen LogP contribution in [0.3, 0.4) is 0 Å². The third kappa shape index (κ3) is 4.45. The molecule has 1 unspecified atom stereocenters. The summed E-state index contributed by atoms with van der Waals surface area (Å²) in [5.74, 6) is 0.279. The molecule has 0 aromatic heterocycles. The van der Waals surface area contributed by atoms with Gasteiger partial charge >= 0.3 is 6.18 Å². The van der Waals surface area contributed by atoms with Crippen LogP contribution in [0.5, 0.6) is 0 Å². The summed E-state index contributed by atoms with van der Waals surface area (Å²) >= 11 is 0. The van der Waals surface area contributed by atoms with Gasteiger partial charge in [-0.3, -0.25) is 14.6 Å². The molecule has 2 rings (SSSR count). The lowest BCUT2D eigenvalue weighted by Gasteiger charge is -2.38. The molecule has 0 bridgehead atoms. The Bertz CT molecular complexity index is 312. The zero-order valence-corrected chi connectivity index (χ0v) is 11.1. The van der Waals surface area contributed by atoms with Crippen molar-refractivity contribution >= 4 is 5.78 Å². The van der Waals surface area contributed by atoms with Crippen molar-refractivity contribution in [1.29, 1.82) is 0 Å². The van der Waals surface area contributed by atoms with Gasteiger partial charge in [-0.1, -0.05) is 12.8 Å². The molecule has 1 aliphatic heterocycles. The van der Waals surface area contributed by atoms with Gasteiger partial charge in [0, 0.05) is 32.6 Å². The maximum atomic E-state index is 12.3. The Labute approximate surface area is 111 Å². The minimum absolute atomic E-state index is 0.0458. The minimum atomic E-state index is -4.12. The summed E-state index contributed by atoms with van der Waals surface area (Å²) in [5, 5.41) is 0. The van der Waals surface area contributed by atoms with Crippen molar-refractivity contribution in [2.24, 2.45) is 0 Å². The Hall–Kier alpha value is -0.620. The van der Waals surface area contributed by atoms with Crippen LogP contribution in [0.2, 0.25) is 0 Å². The van der Waals surface area contributed by atoms with Crippen LogP contribution >= 0.6 is 0 Å². The summed E-state index contributed by atoms with van der Waals surface area (Å²) in [4.78, 5) is 15.5. The molecule has 1 saturated heterocycles. The first-order valence-electron chi connectivity index (χ1n) is 7.01. The van der Waals surface area contributed by atoms with Gasteiger partial charge in [-0.2, -0.15) is 13.2 Å². The average molecular weight is 278 g/mol. The fourth-order valence-electron chi connectivity index (χ4n) is 3.01. The summed E-state index contributed by atoms with van der Waals surface area (Å²) in [6, 6.07) is -0.0458. The van der Waals surface area contributed by atoms with Gasteiger partial charge in [0.05, 0.1) is 12.6 Å². The van der Waals surface area contributed by atoms with E-state index < -0.39 is 12.7 Å². The molecule has 1 saturated carbocycles. The Morgan fingerprint density at radius 2 is 1.74 bits per heavy atom. The van der Waals surface area contributed by atoms with Crippen LogP contribution in [0.4, 0.5) is 13.2 Å². The number of Topliss-reactive ketones (excluding diaryl/α,β-unsaturated/α-hetero) is 1. The maximum Gasteiger partial charge on any atom is 0.401 e. The van der Waals surface area contributed by atoms with Crippen LogP contribution in [0.25, 0.3) is 0 Å². The monoisotopic (exact) mass is 278 g/mol. The molecule has 0 amide bonds. The van der Waals surface area contributed by atoms with Crippen LogP contribution < -0.4 is 0 Å². The number of alkyl halides is 3. The zero-order chi connectivity index (χ0) is 13.9. The van der Waals surface area contributed by atoms with E-state index in [2.05, 4.69) is 4.90 Å². The van der Waals surface area contributed by atoms with Gasteiger partial charge in [-0.15, -0.1) is 0 Å². The molecule has 0 aromatic carbocycles. The van der Waals surface area contributed by atoms with E-state index in [1.54, 1.807) is 0 Å². The van der Waals surface area contributed by atoms with Gasteiger partial charge in [0.25, 0.3) is 0 Å². The molecule has 0 aromatic rings. The molecule has 110 valence electrons. The molecule has 2 fully saturated rings. The normalized spacial score (nSPS) is 28.4. The smallest absolute Gasteiger partial charge is 0.298 e. The maximum absolute atomic E-state index is 12.3. The van der Waals surface area contributed by atoms with Crippen LogP contribution in [0, 0.1) is 0 Å². The van der Waals surface area contributed by atoms with E-state index in [1.807, 2.05) is 0 Å². The number of hydrogen-bond donors (Lipinski definition) is 0. The molecular formula is C13H21F3N2O. The zero-order valence-electron chi connectivity index (χ0n) is 11.1. The molecule has 0 N–H and O–H groups in total. The highest BCUT2D eigenvalue weighted by molar-refractivity contribution is 5.84. The molecule has 3 nitrogen and oxygen atoms in total. The third-order valence-electron chi connectivity index (χ3n) is 4.02. The summed E-state index contributed by atoms with van der Waals surface area (Å²) in [6.45, 7) is 1.13. The van der Waals surface area contributed by atoms with Crippen molar-refractivity contribution in [3.05, 3.63) is 0 Å². The number of rotatable bonds is 2. The number of carbonyl (C=O) groups excluding carboxylic acids is 1. The van der Waals surface area contributed by atoms with Gasteiger partial charge in [-0.25, -0.2) is 0 Å². The molecular weight excluding hydrogens is 257 g/mol. The highest BCUT2D eigenvalue weighted by Gasteiger charge is 2.34. The second-order valence-electron chi connectivity index (χ2n) is 5.51. The van der Waals surface area contributed by atoms with Gasteiger partial charge in [0.1, 0.15) is 5.78 Å². The first kappa shape index (κ1) is 14.8. The Morgan fingerprint density at radius 3 is 2.37 bits per heavy atom. The summed E-state index contributed by atoms with van der Waals surface area (Å²) in [5.41, 5.74) is 0. The number of ketones is 1. The summed E-state index contributed by atoms with van der Waals surface area (Å²) in [6.07, 6.45) is 0.491. The van der Waals surface area contributed by atoms with E-state index in [0.717, 1.165) is 25.7 Å². The molecule has 0 spiro atoms. The molecule has 1 atom stereocenters. The predicted octanol–water partition coefficient (Wildman–Crippen LogP) is 2.07. The van der Waals surface area contributed by atoms with E-state index in [1.165, 1.54) is 4.90 Å². The number of piperazine rings is 1. The molecule has 0 radical (unpaired) electrons. The standard InChI is InChI=1S/C13H21F3N2O/c14-13(15,16)10-17-6-8-18(9-7-17)11-4-2-1-3-5-12(11)19/h11H,1-10H2. The quantitative estimate of drug-likeness (QED) is 0.722. The summed E-state index contributed by atoms with van der Waals surface area (Å²) < 4.78 is 36.9. The molecule has 19 heavy (non-hydrogen) atoms. The van der Waals surface area contributed by atoms with E-state index in [9.17, 15) is 18.0 Å². The lowest BCUT2D eigenvalue weighted by Crippen LogP contribution is -2.53. The molecule has 1 aliphatic carbocycles. The van der Waals surface area contributed by atoms with Gasteiger partial charge in [-0.05, 0) is 12.8 Å². The highest BCUT2D eigenvalue weighted by Crippen LogP contribution is 2.22. The van der Waals surface area contributed by atoms with E-state index >= 15 is 0 Å². The lowest BCUT2D eigenvalue weighted by atomic mass is 10.0. The number of nitrogens with zero attached hydrogens (tertiary/aromatic N) is 2.